The Balaban J connectivity index is 1.56. The number of rotatable bonds is 4. The second-order valence-corrected chi connectivity index (χ2v) is 6.69. The fraction of sp³-hybridized carbons (Fsp3) is 0.278. The molecule has 1 amide bonds. The van der Waals surface area contributed by atoms with Crippen molar-refractivity contribution in [3.8, 4) is 17.0 Å². The highest BCUT2D eigenvalue weighted by Gasteiger charge is 2.30. The third-order valence-corrected chi connectivity index (χ3v) is 4.96. The van der Waals surface area contributed by atoms with Gasteiger partial charge >= 0.3 is 0 Å². The van der Waals surface area contributed by atoms with E-state index in [2.05, 4.69) is 25.4 Å². The molecule has 4 aromatic rings. The Labute approximate surface area is 159 Å². The number of anilines is 1. The van der Waals surface area contributed by atoms with Crippen molar-refractivity contribution < 1.29 is 9.53 Å². The largest absolute Gasteiger partial charge is 0.479 e. The number of hydrogen-bond donors (Lipinski definition) is 1. The van der Waals surface area contributed by atoms with Gasteiger partial charge in [-0.3, -0.25) is 9.20 Å². The van der Waals surface area contributed by atoms with E-state index < -0.39 is 0 Å². The van der Waals surface area contributed by atoms with Gasteiger partial charge < -0.3 is 15.0 Å². The molecule has 1 aliphatic heterocycles. The van der Waals surface area contributed by atoms with Crippen LogP contribution < -0.4 is 10.1 Å². The first-order valence-electron chi connectivity index (χ1n) is 8.88. The fourth-order valence-electron chi connectivity index (χ4n) is 3.50. The summed E-state index contributed by atoms with van der Waals surface area (Å²) in [5.41, 5.74) is 2.51. The van der Waals surface area contributed by atoms with Crippen molar-refractivity contribution in [1.82, 2.24) is 33.9 Å². The molecule has 0 aliphatic carbocycles. The summed E-state index contributed by atoms with van der Waals surface area (Å²) in [6.07, 6.45) is 9.80. The van der Waals surface area contributed by atoms with E-state index in [1.54, 1.807) is 36.0 Å². The van der Waals surface area contributed by atoms with Gasteiger partial charge in [0.1, 0.15) is 11.6 Å². The van der Waals surface area contributed by atoms with Crippen molar-refractivity contribution in [2.45, 2.75) is 12.5 Å². The molecule has 1 aliphatic rings. The third-order valence-electron chi connectivity index (χ3n) is 4.96. The molecule has 1 fully saturated rings. The summed E-state index contributed by atoms with van der Waals surface area (Å²) < 4.78 is 9.08. The number of carbonyl (C=O) groups excluding carboxylic acids is 1. The molecule has 0 bridgehead atoms. The molecule has 0 unspecified atom stereocenters. The van der Waals surface area contributed by atoms with Crippen molar-refractivity contribution in [2.24, 2.45) is 0 Å². The van der Waals surface area contributed by atoms with E-state index >= 15 is 0 Å². The SMILES string of the molecule is COc1nc(N[C@@H]2CCN(C)C2=O)nn2ccc(-c3cnc4nccn4c3)c12. The monoisotopic (exact) mass is 378 g/mol. The number of methoxy groups -OCH3 is 1. The Kier molecular flexibility index (Phi) is 3.64. The molecule has 1 atom stereocenters. The van der Waals surface area contributed by atoms with E-state index in [0.717, 1.165) is 16.6 Å². The zero-order valence-electron chi connectivity index (χ0n) is 15.4. The Hall–Kier alpha value is -3.69. The zero-order chi connectivity index (χ0) is 19.3. The van der Waals surface area contributed by atoms with Crippen LogP contribution in [0.5, 0.6) is 5.88 Å². The van der Waals surface area contributed by atoms with E-state index in [1.165, 1.54) is 0 Å². The first-order valence-corrected chi connectivity index (χ1v) is 8.88. The molecule has 10 nitrogen and oxygen atoms in total. The first kappa shape index (κ1) is 16.5. The van der Waals surface area contributed by atoms with Crippen LogP contribution >= 0.6 is 0 Å². The lowest BCUT2D eigenvalue weighted by Crippen LogP contribution is -2.31. The molecule has 1 saturated heterocycles. The van der Waals surface area contributed by atoms with Gasteiger partial charge in [-0.15, -0.1) is 5.10 Å². The summed E-state index contributed by atoms with van der Waals surface area (Å²) in [4.78, 5) is 26.9. The number of likely N-dealkylation sites (tertiary alicyclic amines) is 1. The van der Waals surface area contributed by atoms with Gasteiger partial charge in [0.15, 0.2) is 0 Å². The lowest BCUT2D eigenvalue weighted by molar-refractivity contribution is -0.127. The Morgan fingerprint density at radius 1 is 1.29 bits per heavy atom. The van der Waals surface area contributed by atoms with E-state index in [4.69, 9.17) is 4.74 Å². The second-order valence-electron chi connectivity index (χ2n) is 6.69. The minimum Gasteiger partial charge on any atom is -0.479 e. The van der Waals surface area contributed by atoms with Crippen LogP contribution in [-0.2, 0) is 4.79 Å². The normalized spacial score (nSPS) is 17.0. The number of imidazole rings is 1. The summed E-state index contributed by atoms with van der Waals surface area (Å²) in [5.74, 6) is 1.44. The maximum absolute atomic E-state index is 12.2. The van der Waals surface area contributed by atoms with Gasteiger partial charge in [0, 0.05) is 55.7 Å². The standard InChI is InChI=1S/C18H18N8O2/c1-24-6-4-13(16(24)27)21-17-22-15(28-2)14-12(3-7-26(14)23-17)11-9-20-18-19-5-8-25(18)10-11/h3,5,7-10,13H,4,6H2,1-2H3,(H,21,23)/t13-/m1/s1. The molecule has 4 aromatic heterocycles. The molecule has 0 aromatic carbocycles. The van der Waals surface area contributed by atoms with Crippen LogP contribution in [0.15, 0.2) is 37.1 Å². The molecule has 0 spiro atoms. The van der Waals surface area contributed by atoms with Gasteiger partial charge in [0.05, 0.1) is 7.11 Å². The third kappa shape index (κ3) is 2.53. The van der Waals surface area contributed by atoms with Crippen LogP contribution in [-0.4, -0.2) is 66.5 Å². The van der Waals surface area contributed by atoms with Gasteiger partial charge in [0.2, 0.25) is 23.5 Å². The molecule has 5 rings (SSSR count). The second kappa shape index (κ2) is 6.19. The van der Waals surface area contributed by atoms with Crippen LogP contribution in [0.4, 0.5) is 5.95 Å². The smallest absolute Gasteiger partial charge is 0.244 e. The Morgan fingerprint density at radius 2 is 2.18 bits per heavy atom. The zero-order valence-corrected chi connectivity index (χ0v) is 15.4. The maximum atomic E-state index is 12.2. The molecule has 0 radical (unpaired) electrons. The number of aromatic nitrogens is 6. The first-order chi connectivity index (χ1) is 13.6. The van der Waals surface area contributed by atoms with E-state index in [0.29, 0.717) is 30.6 Å². The number of carbonyl (C=O) groups is 1. The highest BCUT2D eigenvalue weighted by atomic mass is 16.5. The van der Waals surface area contributed by atoms with Crippen molar-refractivity contribution in [3.63, 3.8) is 0 Å². The van der Waals surface area contributed by atoms with Crippen LogP contribution in [0, 0.1) is 0 Å². The van der Waals surface area contributed by atoms with Gasteiger partial charge in [-0.05, 0) is 12.5 Å². The number of fused-ring (bicyclic) bond motifs is 2. The average Bonchev–Trinajstić information content (AvgIpc) is 3.42. The lowest BCUT2D eigenvalue weighted by Gasteiger charge is -2.13. The Bertz CT molecular complexity index is 1200. The molecule has 10 heteroatoms. The minimum atomic E-state index is -0.324. The number of nitrogens with zero attached hydrogens (tertiary/aromatic N) is 7. The quantitative estimate of drug-likeness (QED) is 0.567. The topological polar surface area (TPSA) is 102 Å². The summed E-state index contributed by atoms with van der Waals surface area (Å²) in [5, 5.41) is 7.63. The fourth-order valence-corrected chi connectivity index (χ4v) is 3.50. The molecular weight excluding hydrogens is 360 g/mol. The van der Waals surface area contributed by atoms with Crippen LogP contribution in [0.1, 0.15) is 6.42 Å². The molecule has 5 heterocycles. The molecule has 142 valence electrons. The molecule has 0 saturated carbocycles. The van der Waals surface area contributed by atoms with Crippen LogP contribution in [0.3, 0.4) is 0 Å². The van der Waals surface area contributed by atoms with Crippen molar-refractivity contribution in [2.75, 3.05) is 26.0 Å². The van der Waals surface area contributed by atoms with Gasteiger partial charge in [-0.1, -0.05) is 0 Å². The number of hydrogen-bond acceptors (Lipinski definition) is 7. The van der Waals surface area contributed by atoms with E-state index in [-0.39, 0.29) is 11.9 Å². The maximum Gasteiger partial charge on any atom is 0.244 e. The van der Waals surface area contributed by atoms with Crippen molar-refractivity contribution in [3.05, 3.63) is 37.1 Å². The average molecular weight is 378 g/mol. The molecule has 28 heavy (non-hydrogen) atoms. The summed E-state index contributed by atoms with van der Waals surface area (Å²) in [7, 11) is 3.35. The predicted octanol–water partition coefficient (Wildman–Crippen LogP) is 1.09. The summed E-state index contributed by atoms with van der Waals surface area (Å²) in [6, 6.07) is 1.61. The van der Waals surface area contributed by atoms with E-state index in [9.17, 15) is 4.79 Å². The van der Waals surface area contributed by atoms with Crippen LogP contribution in [0.25, 0.3) is 22.4 Å². The molecular formula is C18H18N8O2. The van der Waals surface area contributed by atoms with Crippen molar-refractivity contribution in [1.29, 1.82) is 0 Å². The highest BCUT2D eigenvalue weighted by Crippen LogP contribution is 2.31. The predicted molar refractivity (Wildman–Crippen MR) is 101 cm³/mol. The summed E-state index contributed by atoms with van der Waals surface area (Å²) in [6.45, 7) is 0.716. The number of amides is 1. The Morgan fingerprint density at radius 3 is 2.96 bits per heavy atom. The summed E-state index contributed by atoms with van der Waals surface area (Å²) >= 11 is 0. The highest BCUT2D eigenvalue weighted by molar-refractivity contribution is 5.86. The van der Waals surface area contributed by atoms with Gasteiger partial charge in [-0.2, -0.15) is 4.98 Å². The van der Waals surface area contributed by atoms with Gasteiger partial charge in [0.25, 0.3) is 0 Å². The van der Waals surface area contributed by atoms with Crippen LogP contribution in [0.2, 0.25) is 0 Å². The lowest BCUT2D eigenvalue weighted by atomic mass is 10.1. The number of likely N-dealkylation sites (N-methyl/N-ethyl adjacent to an activating group) is 1. The van der Waals surface area contributed by atoms with Gasteiger partial charge in [-0.25, -0.2) is 14.5 Å². The minimum absolute atomic E-state index is 0.0376. The van der Waals surface area contributed by atoms with E-state index in [1.807, 2.05) is 29.1 Å². The number of nitrogens with one attached hydrogen (secondary N) is 1. The number of ether oxygens (including phenoxy) is 1. The van der Waals surface area contributed by atoms with Crippen molar-refractivity contribution >= 4 is 23.1 Å². The molecule has 1 N–H and O–H groups in total.